The van der Waals surface area contributed by atoms with Gasteiger partial charge in [0, 0.05) is 11.4 Å². The summed E-state index contributed by atoms with van der Waals surface area (Å²) in [6, 6.07) is 3.73. The fourth-order valence-corrected chi connectivity index (χ4v) is 2.53. The molecule has 0 aromatic carbocycles. The van der Waals surface area contributed by atoms with Crippen molar-refractivity contribution < 1.29 is 4.92 Å². The number of nitrogen functional groups attached to an aromatic ring is 1. The molecule has 0 unspecified atom stereocenters. The van der Waals surface area contributed by atoms with Crippen molar-refractivity contribution in [1.29, 1.82) is 0 Å². The number of nitrogens with zero attached hydrogens (tertiary/aromatic N) is 3. The Morgan fingerprint density at radius 2 is 2.32 bits per heavy atom. The molecule has 3 N–H and O–H groups in total. The Labute approximate surface area is 117 Å². The highest BCUT2D eigenvalue weighted by atomic mass is 35.5. The minimum Gasteiger partial charge on any atom is -0.368 e. The summed E-state index contributed by atoms with van der Waals surface area (Å²) in [6.07, 6.45) is 1.78. The zero-order chi connectivity index (χ0) is 13.8. The maximum absolute atomic E-state index is 10.8. The maximum atomic E-state index is 10.8. The zero-order valence-corrected chi connectivity index (χ0v) is 11.2. The van der Waals surface area contributed by atoms with Crippen LogP contribution in [0.4, 0.5) is 17.5 Å². The topological polar surface area (TPSA) is 107 Å². The molecule has 7 nitrogen and oxygen atoms in total. The number of hydrogen-bond acceptors (Lipinski definition) is 7. The molecule has 9 heteroatoms. The van der Waals surface area contributed by atoms with Gasteiger partial charge in [0.15, 0.2) is 0 Å². The van der Waals surface area contributed by atoms with Gasteiger partial charge < -0.3 is 11.1 Å². The normalized spacial score (nSPS) is 10.4. The number of aromatic nitrogens is 2. The number of thiophene rings is 1. The average Bonchev–Trinajstić information content (AvgIpc) is 2.75. The van der Waals surface area contributed by atoms with E-state index in [0.29, 0.717) is 17.3 Å². The lowest BCUT2D eigenvalue weighted by molar-refractivity contribution is -0.384. The molecular formula is C10H10ClN5O2S. The Kier molecular flexibility index (Phi) is 4.13. The lowest BCUT2D eigenvalue weighted by Crippen LogP contribution is -2.10. The molecule has 2 aromatic rings. The van der Waals surface area contributed by atoms with E-state index < -0.39 is 4.92 Å². The summed E-state index contributed by atoms with van der Waals surface area (Å²) >= 11 is 7.29. The molecule has 2 rings (SSSR count). The van der Waals surface area contributed by atoms with Crippen LogP contribution in [0.1, 0.15) is 4.88 Å². The van der Waals surface area contributed by atoms with Crippen LogP contribution in [0, 0.1) is 10.1 Å². The van der Waals surface area contributed by atoms with Crippen LogP contribution in [0.5, 0.6) is 0 Å². The number of nitrogens with two attached hydrogens (primary N) is 1. The largest absolute Gasteiger partial charge is 0.368 e. The number of anilines is 2. The second kappa shape index (κ2) is 5.81. The summed E-state index contributed by atoms with van der Waals surface area (Å²) in [4.78, 5) is 18.8. The van der Waals surface area contributed by atoms with Gasteiger partial charge in [0.2, 0.25) is 11.8 Å². The van der Waals surface area contributed by atoms with Gasteiger partial charge in [-0.05, 0) is 18.6 Å². The van der Waals surface area contributed by atoms with Crippen molar-refractivity contribution in [2.24, 2.45) is 0 Å². The highest BCUT2D eigenvalue weighted by Gasteiger charge is 2.16. The molecular weight excluding hydrogens is 290 g/mol. The summed E-state index contributed by atoms with van der Waals surface area (Å²) in [5.41, 5.74) is 5.22. The number of halogens is 1. The molecule has 0 saturated heterocycles. The van der Waals surface area contributed by atoms with Crippen molar-refractivity contribution in [2.75, 3.05) is 17.6 Å². The minimum atomic E-state index is -0.552. The number of rotatable bonds is 5. The Morgan fingerprint density at radius 3 is 2.95 bits per heavy atom. The molecule has 0 radical (unpaired) electrons. The van der Waals surface area contributed by atoms with Gasteiger partial charge in [-0.25, -0.2) is 4.98 Å². The van der Waals surface area contributed by atoms with Crippen LogP contribution >= 0.6 is 22.9 Å². The van der Waals surface area contributed by atoms with E-state index in [1.165, 1.54) is 11.3 Å². The molecule has 0 spiro atoms. The molecule has 19 heavy (non-hydrogen) atoms. The summed E-state index contributed by atoms with van der Waals surface area (Å²) in [6.45, 7) is 0.494. The highest BCUT2D eigenvalue weighted by Crippen LogP contribution is 2.23. The van der Waals surface area contributed by atoms with Crippen molar-refractivity contribution >= 4 is 40.4 Å². The molecule has 100 valence electrons. The monoisotopic (exact) mass is 299 g/mol. The first-order chi connectivity index (χ1) is 9.06. The van der Waals surface area contributed by atoms with Gasteiger partial charge in [-0.3, -0.25) is 10.1 Å². The summed E-state index contributed by atoms with van der Waals surface area (Å²) in [5.74, 6) is 0.118. The second-order valence-electron chi connectivity index (χ2n) is 3.60. The van der Waals surface area contributed by atoms with Crippen LogP contribution in [0.25, 0.3) is 0 Å². The quantitative estimate of drug-likeness (QED) is 0.648. The second-order valence-corrected chi connectivity index (χ2v) is 5.40. The molecule has 2 heterocycles. The first-order valence-electron chi connectivity index (χ1n) is 5.31. The number of nitrogens with one attached hydrogen (secondary N) is 1. The smallest absolute Gasteiger partial charge is 0.329 e. The van der Waals surface area contributed by atoms with Crippen molar-refractivity contribution in [3.8, 4) is 0 Å². The lowest BCUT2D eigenvalue weighted by Gasteiger charge is -2.05. The molecule has 0 fully saturated rings. The fraction of sp³-hybridized carbons (Fsp3) is 0.200. The first-order valence-corrected chi connectivity index (χ1v) is 6.50. The van der Waals surface area contributed by atoms with Crippen molar-refractivity contribution in [3.05, 3.63) is 37.7 Å². The molecule has 0 saturated carbocycles. The Bertz CT molecular complexity index is 603. The zero-order valence-electron chi connectivity index (χ0n) is 9.67. The molecule has 0 atom stereocenters. The third-order valence-corrected chi connectivity index (χ3v) is 3.57. The molecule has 2 aromatic heterocycles. The summed E-state index contributed by atoms with van der Waals surface area (Å²) in [5, 5.41) is 13.7. The van der Waals surface area contributed by atoms with Crippen molar-refractivity contribution in [3.63, 3.8) is 0 Å². The summed E-state index contributed by atoms with van der Waals surface area (Å²) < 4.78 is 0.715. The molecule has 0 bridgehead atoms. The van der Waals surface area contributed by atoms with E-state index in [0.717, 1.165) is 11.1 Å². The fourth-order valence-electron chi connectivity index (χ4n) is 1.44. The molecule has 0 aliphatic carbocycles. The van der Waals surface area contributed by atoms with Crippen LogP contribution in [-0.2, 0) is 6.42 Å². The van der Waals surface area contributed by atoms with Gasteiger partial charge in [-0.15, -0.1) is 11.3 Å². The van der Waals surface area contributed by atoms with Gasteiger partial charge in [-0.1, -0.05) is 11.6 Å². The molecule has 0 amide bonds. The Balaban J connectivity index is 2.02. The van der Waals surface area contributed by atoms with Gasteiger partial charge in [0.25, 0.3) is 0 Å². The van der Waals surface area contributed by atoms with Gasteiger partial charge in [-0.2, -0.15) is 4.98 Å². The Morgan fingerprint density at radius 1 is 1.53 bits per heavy atom. The number of hydrogen-bond donors (Lipinski definition) is 2. The highest BCUT2D eigenvalue weighted by molar-refractivity contribution is 7.16. The van der Waals surface area contributed by atoms with E-state index in [4.69, 9.17) is 17.3 Å². The third kappa shape index (κ3) is 3.52. The van der Waals surface area contributed by atoms with Crippen LogP contribution < -0.4 is 11.1 Å². The summed E-state index contributed by atoms with van der Waals surface area (Å²) in [7, 11) is 0. The van der Waals surface area contributed by atoms with Crippen LogP contribution in [-0.4, -0.2) is 21.4 Å². The van der Waals surface area contributed by atoms with E-state index >= 15 is 0 Å². The Hall–Kier alpha value is -1.93. The van der Waals surface area contributed by atoms with Crippen LogP contribution in [0.2, 0.25) is 4.34 Å². The SMILES string of the molecule is Nc1ncc([N+](=O)[O-])c(NCCc2ccc(Cl)s2)n1. The van der Waals surface area contributed by atoms with Gasteiger partial charge in [0.1, 0.15) is 6.20 Å². The van der Waals surface area contributed by atoms with E-state index in [-0.39, 0.29) is 17.5 Å². The van der Waals surface area contributed by atoms with E-state index in [1.54, 1.807) is 0 Å². The number of nitro groups is 1. The van der Waals surface area contributed by atoms with Crippen LogP contribution in [0.3, 0.4) is 0 Å². The van der Waals surface area contributed by atoms with E-state index in [9.17, 15) is 10.1 Å². The maximum Gasteiger partial charge on any atom is 0.329 e. The standard InChI is InChI=1S/C10H10ClN5O2S/c11-8-2-1-6(19-8)3-4-13-9-7(16(17)18)5-14-10(12)15-9/h1-2,5H,3-4H2,(H3,12,13,14,15). The van der Waals surface area contributed by atoms with Crippen molar-refractivity contribution in [1.82, 2.24) is 9.97 Å². The van der Waals surface area contributed by atoms with Gasteiger partial charge >= 0.3 is 5.69 Å². The predicted octanol–water partition coefficient (Wildman–Crippen LogP) is 2.34. The minimum absolute atomic E-state index is 0.00716. The molecule has 0 aliphatic rings. The van der Waals surface area contributed by atoms with E-state index in [1.807, 2.05) is 12.1 Å². The lowest BCUT2D eigenvalue weighted by atomic mass is 10.3. The predicted molar refractivity (Wildman–Crippen MR) is 74.6 cm³/mol. The third-order valence-electron chi connectivity index (χ3n) is 2.28. The first kappa shape index (κ1) is 13.5. The molecule has 0 aliphatic heterocycles. The van der Waals surface area contributed by atoms with Crippen LogP contribution in [0.15, 0.2) is 18.3 Å². The average molecular weight is 300 g/mol. The van der Waals surface area contributed by atoms with E-state index in [2.05, 4.69) is 15.3 Å². The van der Waals surface area contributed by atoms with Gasteiger partial charge in [0.05, 0.1) is 9.26 Å². The van der Waals surface area contributed by atoms with Crippen molar-refractivity contribution in [2.45, 2.75) is 6.42 Å².